The predicted molar refractivity (Wildman–Crippen MR) is 165 cm³/mol. The monoisotopic (exact) mass is 619 g/mol. The molecule has 0 saturated heterocycles. The van der Waals surface area contributed by atoms with Crippen molar-refractivity contribution < 1.29 is 27.5 Å². The summed E-state index contributed by atoms with van der Waals surface area (Å²) < 4.78 is 39.8. The van der Waals surface area contributed by atoms with Crippen LogP contribution in [0.3, 0.4) is 0 Å². The summed E-state index contributed by atoms with van der Waals surface area (Å²) in [5, 5.41) is 3.34. The van der Waals surface area contributed by atoms with Gasteiger partial charge in [-0.05, 0) is 73.0 Å². The Hall–Kier alpha value is -4.54. The minimum atomic E-state index is -3.87. The minimum absolute atomic E-state index is 0.0161. The number of aryl methyl sites for hydroxylation is 1. The maximum Gasteiger partial charge on any atom is 0.265 e. The number of carbonyl (C=O) groups excluding carboxylic acids is 2. The summed E-state index contributed by atoms with van der Waals surface area (Å²) in [6, 6.07) is 27.4. The predicted octanol–water partition coefficient (Wildman–Crippen LogP) is 4.98. The number of hydrogen-bond donors (Lipinski definition) is 2. The van der Waals surface area contributed by atoms with Crippen LogP contribution >= 0.6 is 11.6 Å². The van der Waals surface area contributed by atoms with Crippen LogP contribution in [0.4, 0.5) is 11.4 Å². The quantitative estimate of drug-likeness (QED) is 0.259. The van der Waals surface area contributed by atoms with E-state index in [2.05, 4.69) is 10.0 Å². The highest BCUT2D eigenvalue weighted by Gasteiger charge is 2.33. The van der Waals surface area contributed by atoms with Crippen LogP contribution in [-0.2, 0) is 26.0 Å². The minimum Gasteiger partial charge on any atom is -0.484 e. The topological polar surface area (TPSA) is 114 Å². The molecule has 11 heteroatoms. The van der Waals surface area contributed by atoms with Crippen molar-refractivity contribution in [2.24, 2.45) is 0 Å². The number of carbonyl (C=O) groups is 2. The molecule has 1 aliphatic heterocycles. The number of amides is 2. The van der Waals surface area contributed by atoms with E-state index in [1.165, 1.54) is 29.2 Å². The van der Waals surface area contributed by atoms with Gasteiger partial charge in [0.1, 0.15) is 11.5 Å². The highest BCUT2D eigenvalue weighted by atomic mass is 35.5. The van der Waals surface area contributed by atoms with Crippen LogP contribution in [0.25, 0.3) is 0 Å². The number of nitrogens with one attached hydrogen (secondary N) is 2. The Bertz CT molecular complexity index is 1720. The number of para-hydroxylation sites is 2. The van der Waals surface area contributed by atoms with Gasteiger partial charge in [-0.1, -0.05) is 60.1 Å². The molecule has 1 aliphatic rings. The second kappa shape index (κ2) is 13.2. The Balaban J connectivity index is 1.20. The van der Waals surface area contributed by atoms with Crippen molar-refractivity contribution >= 4 is 44.8 Å². The number of anilines is 2. The average molecular weight is 620 g/mol. The van der Waals surface area contributed by atoms with Crippen molar-refractivity contribution in [2.45, 2.75) is 24.3 Å². The molecule has 2 N–H and O–H groups in total. The van der Waals surface area contributed by atoms with Gasteiger partial charge in [-0.2, -0.15) is 0 Å². The number of halogens is 1. The van der Waals surface area contributed by atoms with Crippen molar-refractivity contribution in [1.29, 1.82) is 0 Å². The van der Waals surface area contributed by atoms with Crippen molar-refractivity contribution in [3.05, 3.63) is 113 Å². The van der Waals surface area contributed by atoms with Crippen LogP contribution in [0.15, 0.2) is 102 Å². The smallest absolute Gasteiger partial charge is 0.265 e. The van der Waals surface area contributed by atoms with E-state index >= 15 is 0 Å². The Morgan fingerprint density at radius 2 is 1.70 bits per heavy atom. The second-order valence-corrected chi connectivity index (χ2v) is 12.0. The zero-order valence-electron chi connectivity index (χ0n) is 23.3. The average Bonchev–Trinajstić information content (AvgIpc) is 3.01. The van der Waals surface area contributed by atoms with E-state index in [1.54, 1.807) is 42.5 Å². The summed E-state index contributed by atoms with van der Waals surface area (Å²) in [7, 11) is -3.87. The fraction of sp³-hybridized carbons (Fsp3) is 0.188. The lowest BCUT2D eigenvalue weighted by molar-refractivity contribution is -0.128. The number of nitrogens with zero attached hydrogens (tertiary/aromatic N) is 1. The first-order chi connectivity index (χ1) is 20.7. The van der Waals surface area contributed by atoms with Crippen molar-refractivity contribution in [1.82, 2.24) is 5.32 Å². The molecular formula is C32H30ClN3O6S. The lowest BCUT2D eigenvalue weighted by atomic mass is 10.1. The zero-order valence-corrected chi connectivity index (χ0v) is 24.9. The van der Waals surface area contributed by atoms with Gasteiger partial charge < -0.3 is 19.7 Å². The van der Waals surface area contributed by atoms with Crippen LogP contribution in [0.2, 0.25) is 5.02 Å². The summed E-state index contributed by atoms with van der Waals surface area (Å²) in [5.74, 6) is 0.0274. The Morgan fingerprint density at radius 3 is 2.44 bits per heavy atom. The molecule has 2 amide bonds. The molecule has 222 valence electrons. The van der Waals surface area contributed by atoms with Gasteiger partial charge in [-0.3, -0.25) is 14.3 Å². The number of hydrogen-bond acceptors (Lipinski definition) is 6. The van der Waals surface area contributed by atoms with Gasteiger partial charge in [0.25, 0.3) is 21.8 Å². The number of benzene rings is 4. The highest BCUT2D eigenvalue weighted by Crippen LogP contribution is 2.33. The molecule has 0 aromatic heterocycles. The molecule has 5 rings (SSSR count). The maximum absolute atomic E-state index is 13.3. The first-order valence-corrected chi connectivity index (χ1v) is 15.5. The number of sulfonamides is 1. The van der Waals surface area contributed by atoms with E-state index < -0.39 is 16.1 Å². The molecule has 1 heterocycles. The molecule has 0 unspecified atom stereocenters. The first-order valence-electron chi connectivity index (χ1n) is 13.6. The molecular weight excluding hydrogens is 590 g/mol. The van der Waals surface area contributed by atoms with Gasteiger partial charge in [-0.15, -0.1) is 0 Å². The van der Waals surface area contributed by atoms with Gasteiger partial charge in [-0.25, -0.2) is 8.42 Å². The third-order valence-electron chi connectivity index (χ3n) is 6.84. The van der Waals surface area contributed by atoms with Crippen molar-refractivity contribution in [2.75, 3.05) is 29.3 Å². The number of ether oxygens (including phenoxy) is 2. The van der Waals surface area contributed by atoms with Gasteiger partial charge in [0, 0.05) is 11.6 Å². The summed E-state index contributed by atoms with van der Waals surface area (Å²) in [6.45, 7) is 1.94. The molecule has 4 aromatic rings. The van der Waals surface area contributed by atoms with Crippen LogP contribution in [0.1, 0.15) is 11.1 Å². The lowest BCUT2D eigenvalue weighted by Crippen LogP contribution is -2.52. The van der Waals surface area contributed by atoms with E-state index in [9.17, 15) is 18.0 Å². The van der Waals surface area contributed by atoms with E-state index in [-0.39, 0.29) is 29.9 Å². The fourth-order valence-electron chi connectivity index (χ4n) is 4.50. The van der Waals surface area contributed by atoms with Gasteiger partial charge in [0.2, 0.25) is 0 Å². The van der Waals surface area contributed by atoms with Crippen LogP contribution in [-0.4, -0.2) is 46.0 Å². The third kappa shape index (κ3) is 7.46. The summed E-state index contributed by atoms with van der Waals surface area (Å²) in [6.07, 6.45) is -0.224. The van der Waals surface area contributed by atoms with E-state index in [1.807, 2.05) is 37.3 Å². The third-order valence-corrected chi connectivity index (χ3v) is 8.65. The number of fused-ring (bicyclic) bond motifs is 1. The van der Waals surface area contributed by atoms with Crippen molar-refractivity contribution in [3.63, 3.8) is 0 Å². The Morgan fingerprint density at radius 1 is 0.977 bits per heavy atom. The standard InChI is InChI=1S/C32H30ClN3O6S/c1-22-11-12-24(19-27(22)33)35-43(39,40)26-15-13-25(14-16-26)41-21-31(37)36-20-30(42-29-10-6-5-9-28(29)36)32(38)34-18-17-23-7-3-2-4-8-23/h2-16,19,30,35H,17-18,20-21H2,1H3,(H,34,38)/t30-/m0/s1. The normalized spacial score (nSPS) is 14.3. The van der Waals surface area contributed by atoms with Crippen LogP contribution < -0.4 is 24.4 Å². The second-order valence-electron chi connectivity index (χ2n) is 9.93. The molecule has 9 nitrogen and oxygen atoms in total. The van der Waals surface area contributed by atoms with E-state index in [0.717, 1.165) is 11.1 Å². The van der Waals surface area contributed by atoms with Crippen molar-refractivity contribution in [3.8, 4) is 11.5 Å². The fourth-order valence-corrected chi connectivity index (χ4v) is 5.73. The first kappa shape index (κ1) is 29.9. The largest absolute Gasteiger partial charge is 0.484 e. The van der Waals surface area contributed by atoms with Gasteiger partial charge in [0.05, 0.1) is 22.8 Å². The molecule has 0 spiro atoms. The Labute approximate surface area is 255 Å². The molecule has 0 fully saturated rings. The summed E-state index contributed by atoms with van der Waals surface area (Å²) in [5.41, 5.74) is 2.81. The SMILES string of the molecule is Cc1ccc(NS(=O)(=O)c2ccc(OCC(=O)N3C[C@@H](C(=O)NCCc4ccccc4)Oc4ccccc43)cc2)cc1Cl. The summed E-state index contributed by atoms with van der Waals surface area (Å²) >= 11 is 6.11. The van der Waals surface area contributed by atoms with Crippen LogP contribution in [0, 0.1) is 6.92 Å². The van der Waals surface area contributed by atoms with Gasteiger partial charge >= 0.3 is 0 Å². The Kier molecular flexibility index (Phi) is 9.18. The molecule has 4 aromatic carbocycles. The maximum atomic E-state index is 13.3. The van der Waals surface area contributed by atoms with E-state index in [4.69, 9.17) is 21.1 Å². The molecule has 1 atom stereocenters. The lowest BCUT2D eigenvalue weighted by Gasteiger charge is -2.34. The molecule has 0 aliphatic carbocycles. The molecule has 43 heavy (non-hydrogen) atoms. The highest BCUT2D eigenvalue weighted by molar-refractivity contribution is 7.92. The van der Waals surface area contributed by atoms with Crippen LogP contribution in [0.5, 0.6) is 11.5 Å². The van der Waals surface area contributed by atoms with Gasteiger partial charge in [0.15, 0.2) is 12.7 Å². The molecule has 0 bridgehead atoms. The summed E-state index contributed by atoms with van der Waals surface area (Å²) in [4.78, 5) is 27.7. The molecule has 0 radical (unpaired) electrons. The zero-order chi connectivity index (χ0) is 30.4. The van der Waals surface area contributed by atoms with E-state index in [0.29, 0.717) is 40.9 Å². The molecule has 0 saturated carbocycles. The number of rotatable bonds is 10.